The lowest BCUT2D eigenvalue weighted by Crippen LogP contribution is -2.47. The van der Waals surface area contributed by atoms with Gasteiger partial charge in [-0.2, -0.15) is 4.31 Å². The number of hydrogen-bond donors (Lipinski definition) is 1. The van der Waals surface area contributed by atoms with Crippen LogP contribution in [0.25, 0.3) is 0 Å². The summed E-state index contributed by atoms with van der Waals surface area (Å²) in [7, 11) is -6.15. The third-order valence-electron chi connectivity index (χ3n) is 9.59. The summed E-state index contributed by atoms with van der Waals surface area (Å²) in [5, 5.41) is 3.21. The zero-order valence-electron chi connectivity index (χ0n) is 26.5. The number of sulfone groups is 1. The zero-order chi connectivity index (χ0) is 33.1. The van der Waals surface area contributed by atoms with Crippen molar-refractivity contribution in [1.82, 2.24) is 14.5 Å². The number of nitrogens with one attached hydrogen (secondary N) is 1. The van der Waals surface area contributed by atoms with E-state index in [4.69, 9.17) is 0 Å². The number of aryl methyl sites for hydroxylation is 1. The SMILES string of the molecule is CN(CC1(CCN2CCC(NC(=O)Cc3ccccc3)CC2)CCc2ccccc21)S(=O)(=O)c1ccc(S(=O)(=O)c2ccccc2)s1. The molecule has 1 aliphatic heterocycles. The van der Waals surface area contributed by atoms with E-state index in [-0.39, 0.29) is 30.7 Å². The van der Waals surface area contributed by atoms with E-state index in [1.165, 1.54) is 39.7 Å². The Hall–Kier alpha value is -3.35. The molecule has 47 heavy (non-hydrogen) atoms. The maximum Gasteiger partial charge on any atom is 0.252 e. The molecular weight excluding hydrogens is 651 g/mol. The first-order chi connectivity index (χ1) is 22.6. The second kappa shape index (κ2) is 14.0. The Kier molecular flexibility index (Phi) is 10.0. The van der Waals surface area contributed by atoms with Gasteiger partial charge in [0.1, 0.15) is 8.42 Å². The third kappa shape index (κ3) is 7.39. The number of nitrogens with zero attached hydrogens (tertiary/aromatic N) is 2. The van der Waals surface area contributed by atoms with E-state index in [0.29, 0.717) is 13.0 Å². The molecule has 3 aromatic carbocycles. The van der Waals surface area contributed by atoms with E-state index in [1.54, 1.807) is 25.2 Å². The van der Waals surface area contributed by atoms with Crippen LogP contribution in [0.4, 0.5) is 0 Å². The summed E-state index contributed by atoms with van der Waals surface area (Å²) in [6.07, 6.45) is 4.67. The van der Waals surface area contributed by atoms with Gasteiger partial charge in [-0.15, -0.1) is 11.3 Å². The third-order valence-corrected chi connectivity index (χ3v) is 15.2. The Balaban J connectivity index is 1.12. The normalized spacial score (nSPS) is 19.1. The van der Waals surface area contributed by atoms with Crippen LogP contribution in [0.2, 0.25) is 0 Å². The molecule has 4 aromatic rings. The van der Waals surface area contributed by atoms with Gasteiger partial charge in [0.15, 0.2) is 0 Å². The Labute approximate surface area is 282 Å². The van der Waals surface area contributed by atoms with E-state index >= 15 is 0 Å². The molecule has 1 atom stereocenters. The summed E-state index contributed by atoms with van der Waals surface area (Å²) in [6, 6.07) is 29.1. The van der Waals surface area contributed by atoms with Gasteiger partial charge in [-0.05, 0) is 79.6 Å². The lowest BCUT2D eigenvalue weighted by molar-refractivity contribution is -0.121. The second-order valence-electron chi connectivity index (χ2n) is 12.7. The number of rotatable bonds is 12. The van der Waals surface area contributed by atoms with Crippen LogP contribution in [-0.4, -0.2) is 71.2 Å². The minimum Gasteiger partial charge on any atom is -0.353 e. The van der Waals surface area contributed by atoms with Crippen molar-refractivity contribution in [1.29, 1.82) is 0 Å². The number of carbonyl (C=O) groups is 1. The number of piperidine rings is 1. The number of fused-ring (bicyclic) bond motifs is 1. The maximum atomic E-state index is 13.9. The molecule has 0 spiro atoms. The summed E-state index contributed by atoms with van der Waals surface area (Å²) in [6.45, 7) is 2.87. The lowest BCUT2D eigenvalue weighted by atomic mass is 9.78. The van der Waals surface area contributed by atoms with Crippen LogP contribution in [-0.2, 0) is 42.9 Å². The average Bonchev–Trinajstić information content (AvgIpc) is 3.73. The Morgan fingerprint density at radius 3 is 2.23 bits per heavy atom. The first-order valence-electron chi connectivity index (χ1n) is 16.1. The number of sulfonamides is 1. The van der Waals surface area contributed by atoms with Gasteiger partial charge in [-0.1, -0.05) is 72.8 Å². The van der Waals surface area contributed by atoms with Gasteiger partial charge in [-0.25, -0.2) is 16.8 Å². The maximum absolute atomic E-state index is 13.9. The summed E-state index contributed by atoms with van der Waals surface area (Å²) in [5.41, 5.74) is 3.09. The monoisotopic (exact) mass is 691 g/mol. The van der Waals surface area contributed by atoms with Gasteiger partial charge in [0.2, 0.25) is 15.7 Å². The van der Waals surface area contributed by atoms with Crippen molar-refractivity contribution in [3.8, 4) is 0 Å². The molecule has 1 unspecified atom stereocenters. The van der Waals surface area contributed by atoms with Crippen molar-refractivity contribution in [2.45, 2.75) is 63.3 Å². The predicted octanol–water partition coefficient (Wildman–Crippen LogP) is 5.30. The molecule has 6 rings (SSSR count). The van der Waals surface area contributed by atoms with Crippen LogP contribution in [0.5, 0.6) is 0 Å². The van der Waals surface area contributed by atoms with E-state index in [0.717, 1.165) is 68.6 Å². The number of carbonyl (C=O) groups excluding carboxylic acids is 1. The fourth-order valence-electron chi connectivity index (χ4n) is 6.97. The number of likely N-dealkylation sites (tertiary alicyclic amines) is 1. The summed E-state index contributed by atoms with van der Waals surface area (Å²) >= 11 is 0.797. The number of hydrogen-bond acceptors (Lipinski definition) is 7. The van der Waals surface area contributed by atoms with Crippen LogP contribution < -0.4 is 5.32 Å². The molecule has 1 fully saturated rings. The lowest BCUT2D eigenvalue weighted by Gasteiger charge is -2.38. The van der Waals surface area contributed by atoms with Crippen LogP contribution in [0.3, 0.4) is 0 Å². The first kappa shape index (κ1) is 33.5. The minimum absolute atomic E-state index is 0.0104. The number of thiophene rings is 1. The van der Waals surface area contributed by atoms with Crippen molar-refractivity contribution in [3.05, 3.63) is 114 Å². The van der Waals surface area contributed by atoms with Crippen LogP contribution >= 0.6 is 11.3 Å². The van der Waals surface area contributed by atoms with E-state index in [9.17, 15) is 21.6 Å². The standard InChI is InChI=1S/C36H41N3O5S3/c1-38(47(43,44)35-17-16-34(45-35)46(41,42)31-13-6-3-7-14-31)27-36(21-18-29-12-8-9-15-32(29)36)22-25-39-23-19-30(20-24-39)37-33(40)26-28-10-4-2-5-11-28/h2-17,30H,18-27H2,1H3,(H,37,40). The van der Waals surface area contributed by atoms with Crippen LogP contribution in [0.15, 0.2) is 110 Å². The molecule has 248 valence electrons. The Morgan fingerprint density at radius 2 is 1.51 bits per heavy atom. The smallest absolute Gasteiger partial charge is 0.252 e. The summed E-state index contributed by atoms with van der Waals surface area (Å²) < 4.78 is 55.6. The average molecular weight is 692 g/mol. The Morgan fingerprint density at radius 1 is 0.872 bits per heavy atom. The highest BCUT2D eigenvalue weighted by molar-refractivity contribution is 7.95. The van der Waals surface area contributed by atoms with Crippen molar-refractivity contribution >= 4 is 37.1 Å². The van der Waals surface area contributed by atoms with Gasteiger partial charge in [0.25, 0.3) is 10.0 Å². The van der Waals surface area contributed by atoms with E-state index < -0.39 is 19.9 Å². The molecule has 11 heteroatoms. The highest BCUT2D eigenvalue weighted by Gasteiger charge is 2.42. The van der Waals surface area contributed by atoms with E-state index in [2.05, 4.69) is 22.3 Å². The second-order valence-corrected chi connectivity index (χ2v) is 18.2. The van der Waals surface area contributed by atoms with E-state index in [1.807, 2.05) is 42.5 Å². The van der Waals surface area contributed by atoms with Crippen molar-refractivity contribution in [2.75, 3.05) is 33.2 Å². The molecular formula is C36H41N3O5S3. The predicted molar refractivity (Wildman–Crippen MR) is 185 cm³/mol. The van der Waals surface area contributed by atoms with Gasteiger partial charge in [-0.3, -0.25) is 4.79 Å². The molecule has 1 aromatic heterocycles. The van der Waals surface area contributed by atoms with Crippen LogP contribution in [0, 0.1) is 0 Å². The molecule has 0 saturated carbocycles. The molecule has 0 bridgehead atoms. The van der Waals surface area contributed by atoms with Gasteiger partial charge in [0, 0.05) is 38.1 Å². The minimum atomic E-state index is -3.94. The van der Waals surface area contributed by atoms with Gasteiger partial charge < -0.3 is 10.2 Å². The topological polar surface area (TPSA) is 104 Å². The largest absolute Gasteiger partial charge is 0.353 e. The molecule has 8 nitrogen and oxygen atoms in total. The van der Waals surface area contributed by atoms with Crippen molar-refractivity contribution in [2.24, 2.45) is 0 Å². The molecule has 1 saturated heterocycles. The molecule has 1 N–H and O–H groups in total. The van der Waals surface area contributed by atoms with Gasteiger partial charge >= 0.3 is 0 Å². The fourth-order valence-corrected chi connectivity index (χ4v) is 11.6. The highest BCUT2D eigenvalue weighted by Crippen LogP contribution is 2.43. The molecule has 2 aliphatic rings. The molecule has 0 radical (unpaired) electrons. The highest BCUT2D eigenvalue weighted by atomic mass is 32.3. The fraction of sp³-hybridized carbons (Fsp3) is 0.361. The zero-order valence-corrected chi connectivity index (χ0v) is 29.0. The quantitative estimate of drug-likeness (QED) is 0.216. The summed E-state index contributed by atoms with van der Waals surface area (Å²) in [5.74, 6) is 0.0518. The molecule has 2 heterocycles. The van der Waals surface area contributed by atoms with Gasteiger partial charge in [0.05, 0.1) is 11.3 Å². The molecule has 1 aliphatic carbocycles. The van der Waals surface area contributed by atoms with Crippen LogP contribution in [0.1, 0.15) is 42.4 Å². The number of likely N-dealkylation sites (N-methyl/N-ethyl adjacent to an activating group) is 1. The first-order valence-corrected chi connectivity index (χ1v) is 19.8. The number of benzene rings is 3. The summed E-state index contributed by atoms with van der Waals surface area (Å²) in [4.78, 5) is 15.2. The number of amides is 1. The van der Waals surface area contributed by atoms with Crippen molar-refractivity contribution < 1.29 is 21.6 Å². The van der Waals surface area contributed by atoms with Crippen molar-refractivity contribution in [3.63, 3.8) is 0 Å². The Bertz CT molecular complexity index is 1910. The molecule has 1 amide bonds.